The van der Waals surface area contributed by atoms with Crippen LogP contribution in [0.3, 0.4) is 0 Å². The number of rotatable bonds is 6. The monoisotopic (exact) mass is 379 g/mol. The first-order valence-electron chi connectivity index (χ1n) is 9.47. The van der Waals surface area contributed by atoms with E-state index in [9.17, 15) is 14.7 Å². The molecule has 0 heterocycles. The first kappa shape index (κ1) is 20.8. The van der Waals surface area contributed by atoms with E-state index in [0.29, 0.717) is 18.8 Å². The molecular formula is C21H30ClNO3. The molecule has 4 nitrogen and oxygen atoms in total. The number of phenolic OH excluding ortho intramolecular Hbond substituents is 1. The molecule has 1 aliphatic rings. The lowest BCUT2D eigenvalue weighted by Gasteiger charge is -2.21. The molecule has 0 spiro atoms. The van der Waals surface area contributed by atoms with E-state index < -0.39 is 0 Å². The zero-order valence-corrected chi connectivity index (χ0v) is 16.8. The Bertz CT molecular complexity index is 658. The zero-order valence-electron chi connectivity index (χ0n) is 16.0. The maximum atomic E-state index is 12.4. The van der Waals surface area contributed by atoms with Crippen LogP contribution in [0.5, 0.6) is 5.75 Å². The molecule has 144 valence electrons. The fourth-order valence-electron chi connectivity index (χ4n) is 3.54. The lowest BCUT2D eigenvalue weighted by Crippen LogP contribution is -2.20. The maximum absolute atomic E-state index is 12.4. The first-order valence-corrected chi connectivity index (χ1v) is 9.85. The van der Waals surface area contributed by atoms with Crippen LogP contribution in [0, 0.1) is 11.3 Å². The summed E-state index contributed by atoms with van der Waals surface area (Å²) in [5.74, 6) is 0.340. The largest absolute Gasteiger partial charge is 0.504 e. The number of carbonyl (C=O) groups is 2. The van der Waals surface area contributed by atoms with Gasteiger partial charge < -0.3 is 10.4 Å². The molecule has 1 aromatic rings. The predicted octanol–water partition coefficient (Wildman–Crippen LogP) is 5.50. The van der Waals surface area contributed by atoms with Gasteiger partial charge in [-0.05, 0) is 29.0 Å². The summed E-state index contributed by atoms with van der Waals surface area (Å²) in [4.78, 5) is 24.6. The molecule has 0 atom stereocenters. The maximum Gasteiger partial charge on any atom is 0.225 e. The Morgan fingerprint density at radius 2 is 1.85 bits per heavy atom. The molecule has 1 aromatic carbocycles. The van der Waals surface area contributed by atoms with E-state index >= 15 is 0 Å². The molecule has 5 heteroatoms. The second-order valence-corrected chi connectivity index (χ2v) is 9.09. The lowest BCUT2D eigenvalue weighted by atomic mass is 9.85. The molecule has 0 unspecified atom stereocenters. The van der Waals surface area contributed by atoms with Crippen LogP contribution in [0.1, 0.15) is 71.3 Å². The SMILES string of the molecule is CC(C)(C)CC(=O)Nc1cc(CC(=O)CC2CCCCC2)cc(Cl)c1O. The number of hydrogen-bond acceptors (Lipinski definition) is 3. The van der Waals surface area contributed by atoms with Gasteiger partial charge in [0.2, 0.25) is 5.91 Å². The van der Waals surface area contributed by atoms with E-state index in [1.165, 1.54) is 19.3 Å². The number of Topliss-reactive ketones (excluding diaryl/α,β-unsaturated/α-hetero) is 1. The number of carbonyl (C=O) groups excluding carboxylic acids is 2. The van der Waals surface area contributed by atoms with Gasteiger partial charge >= 0.3 is 0 Å². The zero-order chi connectivity index (χ0) is 19.3. The Balaban J connectivity index is 2.03. The van der Waals surface area contributed by atoms with Gasteiger partial charge in [-0.3, -0.25) is 9.59 Å². The highest BCUT2D eigenvalue weighted by molar-refractivity contribution is 6.32. The van der Waals surface area contributed by atoms with Gasteiger partial charge in [0.05, 0.1) is 10.7 Å². The van der Waals surface area contributed by atoms with E-state index in [0.717, 1.165) is 18.4 Å². The van der Waals surface area contributed by atoms with Gasteiger partial charge in [-0.15, -0.1) is 0 Å². The van der Waals surface area contributed by atoms with E-state index in [-0.39, 0.29) is 40.0 Å². The van der Waals surface area contributed by atoms with Crippen LogP contribution in [0.15, 0.2) is 12.1 Å². The molecule has 26 heavy (non-hydrogen) atoms. The molecule has 0 aromatic heterocycles. The number of benzene rings is 1. The summed E-state index contributed by atoms with van der Waals surface area (Å²) >= 11 is 6.10. The van der Waals surface area contributed by atoms with Gasteiger partial charge in [0.25, 0.3) is 0 Å². The Hall–Kier alpha value is -1.55. The fraction of sp³-hybridized carbons (Fsp3) is 0.619. The number of anilines is 1. The van der Waals surface area contributed by atoms with E-state index in [4.69, 9.17) is 11.6 Å². The first-order chi connectivity index (χ1) is 12.1. The van der Waals surface area contributed by atoms with Crippen LogP contribution in [-0.4, -0.2) is 16.8 Å². The van der Waals surface area contributed by atoms with Crippen molar-refractivity contribution in [1.29, 1.82) is 0 Å². The van der Waals surface area contributed by atoms with Crippen LogP contribution in [0.25, 0.3) is 0 Å². The molecule has 1 aliphatic carbocycles. The fourth-order valence-corrected chi connectivity index (χ4v) is 3.78. The van der Waals surface area contributed by atoms with Gasteiger partial charge in [0.1, 0.15) is 5.78 Å². The van der Waals surface area contributed by atoms with Gasteiger partial charge in [0.15, 0.2) is 5.75 Å². The molecule has 0 radical (unpaired) electrons. The normalized spacial score (nSPS) is 15.7. The third kappa shape index (κ3) is 6.64. The van der Waals surface area contributed by atoms with E-state index in [1.54, 1.807) is 12.1 Å². The smallest absolute Gasteiger partial charge is 0.225 e. The second-order valence-electron chi connectivity index (χ2n) is 8.68. The Labute approximate surface area is 161 Å². The van der Waals surface area contributed by atoms with E-state index in [1.807, 2.05) is 20.8 Å². The molecule has 0 bridgehead atoms. The summed E-state index contributed by atoms with van der Waals surface area (Å²) in [7, 11) is 0. The van der Waals surface area contributed by atoms with Crippen molar-refractivity contribution in [2.24, 2.45) is 11.3 Å². The number of hydrogen-bond donors (Lipinski definition) is 2. The molecule has 0 saturated heterocycles. The summed E-state index contributed by atoms with van der Waals surface area (Å²) in [6, 6.07) is 3.26. The summed E-state index contributed by atoms with van der Waals surface area (Å²) in [6.07, 6.45) is 7.18. The highest BCUT2D eigenvalue weighted by Crippen LogP contribution is 2.34. The summed E-state index contributed by atoms with van der Waals surface area (Å²) < 4.78 is 0. The Kier molecular flexibility index (Phi) is 7.10. The molecule has 0 aliphatic heterocycles. The van der Waals surface area contributed by atoms with Gasteiger partial charge in [-0.25, -0.2) is 0 Å². The van der Waals surface area contributed by atoms with Crippen molar-refractivity contribution in [1.82, 2.24) is 0 Å². The number of amides is 1. The average Bonchev–Trinajstić information content (AvgIpc) is 2.51. The van der Waals surface area contributed by atoms with E-state index in [2.05, 4.69) is 5.32 Å². The minimum atomic E-state index is -0.186. The molecular weight excluding hydrogens is 350 g/mol. The highest BCUT2D eigenvalue weighted by Gasteiger charge is 2.20. The third-order valence-corrected chi connectivity index (χ3v) is 5.02. The van der Waals surface area contributed by atoms with Crippen LogP contribution in [0.2, 0.25) is 5.02 Å². The number of halogens is 1. The quantitative estimate of drug-likeness (QED) is 0.641. The highest BCUT2D eigenvalue weighted by atomic mass is 35.5. The Morgan fingerprint density at radius 1 is 1.19 bits per heavy atom. The van der Waals surface area contributed by atoms with Crippen molar-refractivity contribution >= 4 is 29.0 Å². The average molecular weight is 380 g/mol. The van der Waals surface area contributed by atoms with Crippen LogP contribution >= 0.6 is 11.6 Å². The van der Waals surface area contributed by atoms with Crippen molar-refractivity contribution in [3.8, 4) is 5.75 Å². The van der Waals surface area contributed by atoms with Crippen molar-refractivity contribution in [2.45, 2.75) is 72.1 Å². The van der Waals surface area contributed by atoms with Crippen molar-refractivity contribution in [3.63, 3.8) is 0 Å². The van der Waals surface area contributed by atoms with Gasteiger partial charge in [-0.1, -0.05) is 64.5 Å². The number of ketones is 1. The predicted molar refractivity (Wildman–Crippen MR) is 106 cm³/mol. The number of aromatic hydroxyl groups is 1. The summed E-state index contributed by atoms with van der Waals surface area (Å²) in [5.41, 5.74) is 0.837. The minimum Gasteiger partial charge on any atom is -0.504 e. The minimum absolute atomic E-state index is 0.152. The standard InChI is InChI=1S/C21H30ClNO3/c1-21(2,3)13-19(25)23-18-12-15(11-17(22)20(18)26)10-16(24)9-14-7-5-4-6-8-14/h11-12,14,26H,4-10,13H2,1-3H3,(H,23,25). The molecule has 1 fully saturated rings. The third-order valence-electron chi connectivity index (χ3n) is 4.73. The Morgan fingerprint density at radius 3 is 2.46 bits per heavy atom. The molecule has 1 amide bonds. The van der Waals surface area contributed by atoms with Crippen molar-refractivity contribution in [2.75, 3.05) is 5.32 Å². The van der Waals surface area contributed by atoms with Crippen LogP contribution in [0.4, 0.5) is 5.69 Å². The summed E-state index contributed by atoms with van der Waals surface area (Å²) in [6.45, 7) is 5.92. The lowest BCUT2D eigenvalue weighted by molar-refractivity contribution is -0.119. The number of nitrogens with one attached hydrogen (secondary N) is 1. The van der Waals surface area contributed by atoms with Crippen molar-refractivity contribution < 1.29 is 14.7 Å². The van der Waals surface area contributed by atoms with Gasteiger partial charge in [0, 0.05) is 19.3 Å². The molecule has 2 rings (SSSR count). The van der Waals surface area contributed by atoms with Gasteiger partial charge in [-0.2, -0.15) is 0 Å². The second kappa shape index (κ2) is 8.90. The van der Waals surface area contributed by atoms with Crippen LogP contribution in [-0.2, 0) is 16.0 Å². The van der Waals surface area contributed by atoms with Crippen molar-refractivity contribution in [3.05, 3.63) is 22.7 Å². The summed E-state index contributed by atoms with van der Waals surface area (Å²) in [5, 5.41) is 13.0. The number of phenols is 1. The topological polar surface area (TPSA) is 66.4 Å². The van der Waals surface area contributed by atoms with Crippen LogP contribution < -0.4 is 5.32 Å². The molecule has 2 N–H and O–H groups in total. The molecule has 1 saturated carbocycles.